The molecule has 1 heterocycles. The highest BCUT2D eigenvalue weighted by atomic mass is 32.2. The summed E-state index contributed by atoms with van der Waals surface area (Å²) < 4.78 is 27.7. The lowest BCUT2D eigenvalue weighted by atomic mass is 9.68. The van der Waals surface area contributed by atoms with Crippen molar-refractivity contribution in [2.45, 2.75) is 76.2 Å². The summed E-state index contributed by atoms with van der Waals surface area (Å²) in [6.07, 6.45) is 3.99. The average molecular weight is 501 g/mol. The Balaban J connectivity index is 2.31. The Hall–Kier alpha value is -2.38. The number of amides is 1. The van der Waals surface area contributed by atoms with E-state index < -0.39 is 27.3 Å². The van der Waals surface area contributed by atoms with Gasteiger partial charge in [0.2, 0.25) is 5.91 Å². The number of carbonyl (C=O) groups excluding carboxylic acids is 1. The predicted octanol–water partition coefficient (Wildman–Crippen LogP) is 5.36. The van der Waals surface area contributed by atoms with Gasteiger partial charge in [-0.15, -0.1) is 0 Å². The van der Waals surface area contributed by atoms with Gasteiger partial charge in [0, 0.05) is 43.7 Å². The quantitative estimate of drug-likeness (QED) is 0.484. The van der Waals surface area contributed by atoms with E-state index >= 15 is 0 Å². The maximum atomic E-state index is 13.9. The fourth-order valence-corrected chi connectivity index (χ4v) is 7.60. The first-order valence-corrected chi connectivity index (χ1v) is 14.3. The number of hydrogen-bond donors (Lipinski definition) is 2. The standard InChI is InChI=1S/C28H40N2O4S/c1-6-8-15-28(16-9-7-2)19-35(33,34)25-14-13-23(30(4)5)18-24(25)26(27(28)32)21-11-10-12-22(17-21)29-20(3)31/h10-14,17-18,26-27,32H,6-9,15-16,19H2,1-5H3,(H,29,31)/t26-,27-/m1/s1. The summed E-state index contributed by atoms with van der Waals surface area (Å²) in [6.45, 7) is 5.65. The zero-order valence-corrected chi connectivity index (χ0v) is 22.5. The van der Waals surface area contributed by atoms with E-state index in [2.05, 4.69) is 19.2 Å². The molecule has 2 aromatic carbocycles. The van der Waals surface area contributed by atoms with E-state index in [0.29, 0.717) is 29.0 Å². The van der Waals surface area contributed by atoms with Gasteiger partial charge < -0.3 is 15.3 Å². The average Bonchev–Trinajstić information content (AvgIpc) is 2.87. The Bertz CT molecular complexity index is 1140. The van der Waals surface area contributed by atoms with Gasteiger partial charge >= 0.3 is 0 Å². The van der Waals surface area contributed by atoms with Crippen molar-refractivity contribution in [3.63, 3.8) is 0 Å². The molecule has 2 aromatic rings. The zero-order valence-electron chi connectivity index (χ0n) is 21.7. The van der Waals surface area contributed by atoms with Crippen LogP contribution in [-0.4, -0.2) is 45.4 Å². The van der Waals surface area contributed by atoms with Crippen molar-refractivity contribution in [2.75, 3.05) is 30.1 Å². The molecular formula is C28H40N2O4S. The lowest BCUT2D eigenvalue weighted by molar-refractivity contribution is -0.114. The monoisotopic (exact) mass is 500 g/mol. The van der Waals surface area contributed by atoms with Crippen LogP contribution in [0.2, 0.25) is 0 Å². The number of sulfone groups is 1. The smallest absolute Gasteiger partial charge is 0.221 e. The summed E-state index contributed by atoms with van der Waals surface area (Å²) in [7, 11) is 0.198. The Morgan fingerprint density at radius 2 is 1.74 bits per heavy atom. The number of carbonyl (C=O) groups is 1. The molecule has 0 saturated carbocycles. The van der Waals surface area contributed by atoms with Gasteiger partial charge in [-0.2, -0.15) is 0 Å². The maximum absolute atomic E-state index is 13.9. The first kappa shape index (κ1) is 27.2. The largest absolute Gasteiger partial charge is 0.392 e. The number of aliphatic hydroxyl groups is 1. The minimum absolute atomic E-state index is 0.0582. The Kier molecular flexibility index (Phi) is 8.65. The summed E-state index contributed by atoms with van der Waals surface area (Å²) >= 11 is 0. The van der Waals surface area contributed by atoms with Crippen molar-refractivity contribution in [1.29, 1.82) is 0 Å². The van der Waals surface area contributed by atoms with Crippen LogP contribution >= 0.6 is 0 Å². The number of nitrogens with one attached hydrogen (secondary N) is 1. The molecule has 0 saturated heterocycles. The molecule has 0 aliphatic carbocycles. The van der Waals surface area contributed by atoms with Crippen molar-refractivity contribution in [3.05, 3.63) is 53.6 Å². The van der Waals surface area contributed by atoms with Gasteiger partial charge in [0.05, 0.1) is 16.8 Å². The molecule has 6 nitrogen and oxygen atoms in total. The van der Waals surface area contributed by atoms with Crippen molar-refractivity contribution in [3.8, 4) is 0 Å². The number of anilines is 2. The molecule has 1 amide bonds. The Morgan fingerprint density at radius 3 is 2.31 bits per heavy atom. The van der Waals surface area contributed by atoms with E-state index in [4.69, 9.17) is 0 Å². The molecule has 0 aromatic heterocycles. The molecular weight excluding hydrogens is 460 g/mol. The molecule has 0 radical (unpaired) electrons. The van der Waals surface area contributed by atoms with Crippen LogP contribution in [0.25, 0.3) is 0 Å². The molecule has 0 spiro atoms. The molecule has 192 valence electrons. The molecule has 35 heavy (non-hydrogen) atoms. The molecule has 3 rings (SSSR count). The van der Waals surface area contributed by atoms with Gasteiger partial charge in [-0.3, -0.25) is 4.79 Å². The fraction of sp³-hybridized carbons (Fsp3) is 0.536. The maximum Gasteiger partial charge on any atom is 0.221 e. The summed E-state index contributed by atoms with van der Waals surface area (Å²) in [5.41, 5.74) is 2.18. The minimum atomic E-state index is -3.64. The van der Waals surface area contributed by atoms with Crippen LogP contribution in [0.3, 0.4) is 0 Å². The van der Waals surface area contributed by atoms with Gasteiger partial charge in [-0.1, -0.05) is 51.7 Å². The van der Waals surface area contributed by atoms with Crippen molar-refractivity contribution in [2.24, 2.45) is 5.41 Å². The number of hydrogen-bond acceptors (Lipinski definition) is 5. The first-order valence-electron chi connectivity index (χ1n) is 12.6. The second kappa shape index (κ2) is 11.1. The number of unbranched alkanes of at least 4 members (excludes halogenated alkanes) is 2. The number of nitrogens with zero attached hydrogens (tertiary/aromatic N) is 1. The third kappa shape index (κ3) is 5.89. The van der Waals surface area contributed by atoms with E-state index in [-0.39, 0.29) is 11.7 Å². The molecule has 7 heteroatoms. The van der Waals surface area contributed by atoms with E-state index in [1.54, 1.807) is 6.07 Å². The second-order valence-corrected chi connectivity index (χ2v) is 12.1. The van der Waals surface area contributed by atoms with Gasteiger partial charge in [-0.25, -0.2) is 8.42 Å². The normalized spacial score (nSPS) is 20.5. The topological polar surface area (TPSA) is 86.7 Å². The second-order valence-electron chi connectivity index (χ2n) is 10.2. The summed E-state index contributed by atoms with van der Waals surface area (Å²) in [5, 5.41) is 15.0. The van der Waals surface area contributed by atoms with Crippen LogP contribution in [0, 0.1) is 5.41 Å². The highest BCUT2D eigenvalue weighted by molar-refractivity contribution is 7.91. The van der Waals surface area contributed by atoms with Crippen molar-refractivity contribution in [1.82, 2.24) is 0 Å². The van der Waals surface area contributed by atoms with Crippen molar-refractivity contribution >= 4 is 27.1 Å². The van der Waals surface area contributed by atoms with Crippen LogP contribution < -0.4 is 10.2 Å². The number of fused-ring (bicyclic) bond motifs is 1. The first-order chi connectivity index (χ1) is 16.5. The molecule has 1 aliphatic heterocycles. The van der Waals surface area contributed by atoms with E-state index in [9.17, 15) is 18.3 Å². The van der Waals surface area contributed by atoms with Crippen molar-refractivity contribution < 1.29 is 18.3 Å². The zero-order chi connectivity index (χ0) is 25.8. The van der Waals surface area contributed by atoms with Gasteiger partial charge in [0.25, 0.3) is 0 Å². The minimum Gasteiger partial charge on any atom is -0.392 e. The lowest BCUT2D eigenvalue weighted by Crippen LogP contribution is -2.43. The molecule has 2 N–H and O–H groups in total. The lowest BCUT2D eigenvalue weighted by Gasteiger charge is -2.40. The summed E-state index contributed by atoms with van der Waals surface area (Å²) in [5.74, 6) is -0.775. The molecule has 0 unspecified atom stereocenters. The van der Waals surface area contributed by atoms with Crippen LogP contribution in [0.1, 0.15) is 76.3 Å². The molecule has 2 atom stereocenters. The summed E-state index contributed by atoms with van der Waals surface area (Å²) in [6, 6.07) is 12.9. The van der Waals surface area contributed by atoms with Gasteiger partial charge in [0.15, 0.2) is 9.84 Å². The van der Waals surface area contributed by atoms with Gasteiger partial charge in [-0.05, 0) is 54.3 Å². The third-order valence-electron chi connectivity index (χ3n) is 7.22. The number of rotatable bonds is 9. The Labute approximate surface area is 210 Å². The Morgan fingerprint density at radius 1 is 1.09 bits per heavy atom. The van der Waals surface area contributed by atoms with E-state index in [1.807, 2.05) is 55.4 Å². The summed E-state index contributed by atoms with van der Waals surface area (Å²) in [4.78, 5) is 14.0. The SMILES string of the molecule is CCCCC1(CCCC)CS(=O)(=O)c2ccc(N(C)C)cc2[C@@H](c2cccc(NC(C)=O)c2)[C@H]1O. The third-order valence-corrected chi connectivity index (χ3v) is 9.22. The van der Waals surface area contributed by atoms with E-state index in [1.165, 1.54) is 6.92 Å². The predicted molar refractivity (Wildman–Crippen MR) is 143 cm³/mol. The van der Waals surface area contributed by atoms with Crippen LogP contribution in [0.5, 0.6) is 0 Å². The van der Waals surface area contributed by atoms with Crippen LogP contribution in [-0.2, 0) is 14.6 Å². The number of benzene rings is 2. The molecule has 0 fully saturated rings. The van der Waals surface area contributed by atoms with Crippen LogP contribution in [0.15, 0.2) is 47.4 Å². The number of aliphatic hydroxyl groups excluding tert-OH is 1. The fourth-order valence-electron chi connectivity index (χ4n) is 5.40. The highest BCUT2D eigenvalue weighted by Crippen LogP contribution is 2.50. The van der Waals surface area contributed by atoms with Gasteiger partial charge in [0.1, 0.15) is 0 Å². The van der Waals surface area contributed by atoms with Crippen LogP contribution in [0.4, 0.5) is 11.4 Å². The van der Waals surface area contributed by atoms with E-state index in [0.717, 1.165) is 36.9 Å². The molecule has 1 aliphatic rings. The highest BCUT2D eigenvalue weighted by Gasteiger charge is 2.49. The molecule has 0 bridgehead atoms.